The number of aromatic nitrogens is 1. The Hall–Kier alpha value is -1.33. The monoisotopic (exact) mass is 212 g/mol. The minimum atomic E-state index is -0.378. The molecule has 0 aliphatic heterocycles. The van der Waals surface area contributed by atoms with Crippen molar-refractivity contribution in [3.8, 4) is 0 Å². The number of esters is 1. The summed E-state index contributed by atoms with van der Waals surface area (Å²) < 4.78 is 4.57. The number of H-pyrrole nitrogens is 1. The van der Waals surface area contributed by atoms with E-state index in [0.717, 1.165) is 5.56 Å². The Labute approximate surface area is 88.4 Å². The number of aliphatic hydroxyl groups is 1. The van der Waals surface area contributed by atoms with E-state index in [1.165, 1.54) is 7.11 Å². The first-order valence-electron chi connectivity index (χ1n) is 4.77. The van der Waals surface area contributed by atoms with Gasteiger partial charge >= 0.3 is 5.97 Å². The fourth-order valence-corrected chi connectivity index (χ4v) is 1.13. The molecule has 1 aromatic heterocycles. The number of carbonyl (C=O) groups is 1. The van der Waals surface area contributed by atoms with Gasteiger partial charge in [-0.15, -0.1) is 0 Å². The van der Waals surface area contributed by atoms with Crippen molar-refractivity contribution in [1.82, 2.24) is 10.3 Å². The lowest BCUT2D eigenvalue weighted by Gasteiger charge is -2.08. The second-order valence-electron chi connectivity index (χ2n) is 3.38. The molecular weight excluding hydrogens is 196 g/mol. The summed E-state index contributed by atoms with van der Waals surface area (Å²) in [5, 5.41) is 11.9. The van der Waals surface area contributed by atoms with Gasteiger partial charge in [-0.05, 0) is 18.6 Å². The number of aromatic amines is 1. The van der Waals surface area contributed by atoms with E-state index in [-0.39, 0.29) is 18.6 Å². The molecule has 1 heterocycles. The third kappa shape index (κ3) is 3.38. The molecule has 0 aliphatic rings. The van der Waals surface area contributed by atoms with E-state index in [1.807, 2.05) is 6.92 Å². The maximum absolute atomic E-state index is 11.1. The normalized spacial score (nSPS) is 12.5. The van der Waals surface area contributed by atoms with Gasteiger partial charge in [0.1, 0.15) is 5.69 Å². The topological polar surface area (TPSA) is 74.3 Å². The summed E-state index contributed by atoms with van der Waals surface area (Å²) in [6.45, 7) is 2.58. The molecule has 3 N–H and O–H groups in total. The van der Waals surface area contributed by atoms with Crippen LogP contribution in [0.25, 0.3) is 0 Å². The Kier molecular flexibility index (Phi) is 4.33. The highest BCUT2D eigenvalue weighted by Gasteiger charge is 2.08. The number of hydrogen-bond donors (Lipinski definition) is 3. The third-order valence-electron chi connectivity index (χ3n) is 2.08. The largest absolute Gasteiger partial charge is 0.464 e. The van der Waals surface area contributed by atoms with Gasteiger partial charge in [0.05, 0.1) is 13.7 Å². The molecule has 0 fully saturated rings. The second kappa shape index (κ2) is 5.53. The van der Waals surface area contributed by atoms with E-state index < -0.39 is 0 Å². The van der Waals surface area contributed by atoms with Crippen LogP contribution in [-0.2, 0) is 11.3 Å². The molecule has 0 aromatic carbocycles. The number of carbonyl (C=O) groups excluding carboxylic acids is 1. The summed E-state index contributed by atoms with van der Waals surface area (Å²) in [4.78, 5) is 13.9. The van der Waals surface area contributed by atoms with Crippen molar-refractivity contribution in [2.45, 2.75) is 19.5 Å². The Bertz CT molecular complexity index is 322. The number of nitrogens with one attached hydrogen (secondary N) is 2. The minimum Gasteiger partial charge on any atom is -0.464 e. The molecule has 5 heteroatoms. The quantitative estimate of drug-likeness (QED) is 0.612. The smallest absolute Gasteiger partial charge is 0.354 e. The first kappa shape index (κ1) is 11.7. The van der Waals surface area contributed by atoms with Crippen LogP contribution in [0.5, 0.6) is 0 Å². The van der Waals surface area contributed by atoms with Crippen molar-refractivity contribution < 1.29 is 14.6 Å². The van der Waals surface area contributed by atoms with Crippen molar-refractivity contribution >= 4 is 5.97 Å². The van der Waals surface area contributed by atoms with Gasteiger partial charge in [0.2, 0.25) is 0 Å². The maximum atomic E-state index is 11.1. The number of aliphatic hydroxyl groups excluding tert-OH is 1. The first-order chi connectivity index (χ1) is 7.17. The van der Waals surface area contributed by atoms with Crippen molar-refractivity contribution in [2.24, 2.45) is 0 Å². The van der Waals surface area contributed by atoms with E-state index in [4.69, 9.17) is 5.11 Å². The summed E-state index contributed by atoms with van der Waals surface area (Å²) in [6.07, 6.45) is 1.74. The van der Waals surface area contributed by atoms with Gasteiger partial charge in [-0.2, -0.15) is 0 Å². The highest BCUT2D eigenvalue weighted by Crippen LogP contribution is 2.04. The lowest BCUT2D eigenvalue weighted by atomic mass is 10.3. The van der Waals surface area contributed by atoms with Crippen molar-refractivity contribution in [2.75, 3.05) is 13.7 Å². The van der Waals surface area contributed by atoms with E-state index in [0.29, 0.717) is 12.2 Å². The van der Waals surface area contributed by atoms with Crippen molar-refractivity contribution in [3.05, 3.63) is 23.5 Å². The summed E-state index contributed by atoms with van der Waals surface area (Å²) in [5.74, 6) is -0.378. The van der Waals surface area contributed by atoms with Gasteiger partial charge in [0, 0.05) is 18.8 Å². The van der Waals surface area contributed by atoms with Crippen LogP contribution >= 0.6 is 0 Å². The lowest BCUT2D eigenvalue weighted by molar-refractivity contribution is 0.0595. The van der Waals surface area contributed by atoms with Crippen LogP contribution in [0, 0.1) is 0 Å². The first-order valence-corrected chi connectivity index (χ1v) is 4.77. The molecule has 0 saturated carbocycles. The molecule has 0 bridgehead atoms. The SMILES string of the molecule is COC(=O)c1cc(CNC(C)CO)c[nH]1. The zero-order chi connectivity index (χ0) is 11.3. The number of methoxy groups -OCH3 is 1. The minimum absolute atomic E-state index is 0.0430. The van der Waals surface area contributed by atoms with Gasteiger partial charge in [-0.1, -0.05) is 0 Å². The molecular formula is C10H16N2O3. The van der Waals surface area contributed by atoms with Crippen LogP contribution in [0.4, 0.5) is 0 Å². The second-order valence-corrected chi connectivity index (χ2v) is 3.38. The molecule has 1 rings (SSSR count). The van der Waals surface area contributed by atoms with Gasteiger partial charge in [-0.3, -0.25) is 0 Å². The van der Waals surface area contributed by atoms with Gasteiger partial charge in [0.15, 0.2) is 0 Å². The Morgan fingerprint density at radius 2 is 2.47 bits per heavy atom. The number of rotatable bonds is 5. The van der Waals surface area contributed by atoms with Crippen LogP contribution in [0.3, 0.4) is 0 Å². The molecule has 0 radical (unpaired) electrons. The number of hydrogen-bond acceptors (Lipinski definition) is 4. The van der Waals surface area contributed by atoms with Gasteiger partial charge in [0.25, 0.3) is 0 Å². The lowest BCUT2D eigenvalue weighted by Crippen LogP contribution is -2.28. The van der Waals surface area contributed by atoms with Crippen LogP contribution in [0.2, 0.25) is 0 Å². The summed E-state index contributed by atoms with van der Waals surface area (Å²) in [6, 6.07) is 1.77. The Morgan fingerprint density at radius 3 is 3.07 bits per heavy atom. The standard InChI is InChI=1S/C10H16N2O3/c1-7(6-13)11-4-8-3-9(12-5-8)10(14)15-2/h3,5,7,11-13H,4,6H2,1-2H3. The molecule has 15 heavy (non-hydrogen) atoms. The maximum Gasteiger partial charge on any atom is 0.354 e. The summed E-state index contributed by atoms with van der Waals surface area (Å²) in [5.41, 5.74) is 1.39. The zero-order valence-corrected chi connectivity index (χ0v) is 8.91. The summed E-state index contributed by atoms with van der Waals surface area (Å²) >= 11 is 0. The fraction of sp³-hybridized carbons (Fsp3) is 0.500. The van der Waals surface area contributed by atoms with Crippen LogP contribution in [-0.4, -0.2) is 35.8 Å². The molecule has 0 spiro atoms. The van der Waals surface area contributed by atoms with Crippen LogP contribution in [0.1, 0.15) is 23.0 Å². The van der Waals surface area contributed by atoms with E-state index in [2.05, 4.69) is 15.0 Å². The predicted molar refractivity (Wildman–Crippen MR) is 55.5 cm³/mol. The zero-order valence-electron chi connectivity index (χ0n) is 8.91. The summed E-state index contributed by atoms with van der Waals surface area (Å²) in [7, 11) is 1.34. The molecule has 84 valence electrons. The van der Waals surface area contributed by atoms with E-state index in [9.17, 15) is 4.79 Å². The molecule has 0 amide bonds. The molecule has 0 saturated heterocycles. The average Bonchev–Trinajstić information content (AvgIpc) is 2.73. The van der Waals surface area contributed by atoms with E-state index >= 15 is 0 Å². The Morgan fingerprint density at radius 1 is 1.73 bits per heavy atom. The van der Waals surface area contributed by atoms with Crippen LogP contribution in [0.15, 0.2) is 12.3 Å². The van der Waals surface area contributed by atoms with E-state index in [1.54, 1.807) is 12.3 Å². The van der Waals surface area contributed by atoms with Gasteiger partial charge < -0.3 is 20.1 Å². The third-order valence-corrected chi connectivity index (χ3v) is 2.08. The molecule has 1 unspecified atom stereocenters. The average molecular weight is 212 g/mol. The Balaban J connectivity index is 2.49. The highest BCUT2D eigenvalue weighted by molar-refractivity contribution is 5.87. The fourth-order valence-electron chi connectivity index (χ4n) is 1.13. The van der Waals surface area contributed by atoms with Crippen molar-refractivity contribution in [3.63, 3.8) is 0 Å². The highest BCUT2D eigenvalue weighted by atomic mass is 16.5. The molecule has 1 aromatic rings. The molecule has 0 aliphatic carbocycles. The predicted octanol–water partition coefficient (Wildman–Crippen LogP) is 0.272. The molecule has 1 atom stereocenters. The van der Waals surface area contributed by atoms with Gasteiger partial charge in [-0.25, -0.2) is 4.79 Å². The molecule has 5 nitrogen and oxygen atoms in total. The van der Waals surface area contributed by atoms with Crippen LogP contribution < -0.4 is 5.32 Å². The van der Waals surface area contributed by atoms with Crippen molar-refractivity contribution in [1.29, 1.82) is 0 Å². The number of ether oxygens (including phenoxy) is 1.